The second-order valence-corrected chi connectivity index (χ2v) is 8.40. The van der Waals surface area contributed by atoms with E-state index in [1.807, 2.05) is 31.3 Å². The molecule has 35 heavy (non-hydrogen) atoms. The molecule has 0 saturated carbocycles. The molecule has 2 atom stereocenters. The number of ether oxygens (including phenoxy) is 1. The number of hydrogen-bond donors (Lipinski definition) is 1. The Morgan fingerprint density at radius 1 is 1.00 bits per heavy atom. The van der Waals surface area contributed by atoms with E-state index in [9.17, 15) is 22.4 Å². The molecule has 9 heteroatoms. The first-order valence-electron chi connectivity index (χ1n) is 10.9. The molecule has 1 aromatic heterocycles. The molecule has 1 N–H and O–H groups in total. The fourth-order valence-electron chi connectivity index (χ4n) is 3.78. The average molecular weight is 485 g/mol. The van der Waals surface area contributed by atoms with Crippen LogP contribution in [0.5, 0.6) is 5.75 Å². The quantitative estimate of drug-likeness (QED) is 0.343. The minimum absolute atomic E-state index is 0.356. The van der Waals surface area contributed by atoms with E-state index in [-0.39, 0.29) is 5.82 Å². The molecule has 1 heterocycles. The number of nitrogens with zero attached hydrogens (tertiary/aromatic N) is 2. The Balaban J connectivity index is 1.66. The number of hydrogen-bond acceptors (Lipinski definition) is 3. The lowest BCUT2D eigenvalue weighted by Gasteiger charge is -2.27. The predicted octanol–water partition coefficient (Wildman–Crippen LogP) is 5.97. The topological polar surface area (TPSA) is 56.1 Å². The van der Waals surface area contributed by atoms with Crippen molar-refractivity contribution in [1.82, 2.24) is 15.1 Å². The molecule has 0 bridgehead atoms. The zero-order valence-electron chi connectivity index (χ0n) is 19.2. The number of halogens is 4. The van der Waals surface area contributed by atoms with Gasteiger partial charge < -0.3 is 10.1 Å². The maximum absolute atomic E-state index is 13.3. The Labute approximate surface area is 199 Å². The predicted molar refractivity (Wildman–Crippen MR) is 124 cm³/mol. The van der Waals surface area contributed by atoms with Gasteiger partial charge in [0.2, 0.25) is 0 Å². The van der Waals surface area contributed by atoms with E-state index in [1.54, 1.807) is 47.3 Å². The second kappa shape index (κ2) is 9.40. The molecule has 0 radical (unpaired) electrons. The van der Waals surface area contributed by atoms with Crippen molar-refractivity contribution in [2.24, 2.45) is 0 Å². The zero-order chi connectivity index (χ0) is 25.3. The second-order valence-electron chi connectivity index (χ2n) is 8.40. The highest BCUT2D eigenvalue weighted by Gasteiger charge is 2.40. The number of fused-ring (bicyclic) bond motifs is 1. The first-order chi connectivity index (χ1) is 16.5. The lowest BCUT2D eigenvalue weighted by molar-refractivity contribution is -0.174. The summed E-state index contributed by atoms with van der Waals surface area (Å²) in [6.45, 7) is 5.29. The fourth-order valence-corrected chi connectivity index (χ4v) is 3.78. The van der Waals surface area contributed by atoms with Crippen LogP contribution in [0.4, 0.5) is 17.6 Å². The van der Waals surface area contributed by atoms with Crippen molar-refractivity contribution in [3.05, 3.63) is 89.4 Å². The molecule has 4 rings (SSSR count). The normalized spacial score (nSPS) is 13.5. The molecule has 0 fully saturated rings. The Bertz CT molecular complexity index is 1360. The van der Waals surface area contributed by atoms with E-state index in [2.05, 4.69) is 5.10 Å². The van der Waals surface area contributed by atoms with Gasteiger partial charge in [-0.2, -0.15) is 18.3 Å². The van der Waals surface area contributed by atoms with Crippen LogP contribution in [0.1, 0.15) is 29.7 Å². The molecule has 0 spiro atoms. The number of rotatable bonds is 6. The van der Waals surface area contributed by atoms with Gasteiger partial charge in [-0.15, -0.1) is 0 Å². The smallest absolute Gasteiger partial charge is 0.471 e. The summed E-state index contributed by atoms with van der Waals surface area (Å²) in [5.74, 6) is -1.99. The van der Waals surface area contributed by atoms with Crippen molar-refractivity contribution in [1.29, 1.82) is 0 Å². The van der Waals surface area contributed by atoms with E-state index in [0.717, 1.165) is 22.0 Å². The van der Waals surface area contributed by atoms with E-state index >= 15 is 0 Å². The summed E-state index contributed by atoms with van der Waals surface area (Å²) < 4.78 is 59.7. The summed E-state index contributed by atoms with van der Waals surface area (Å²) in [6, 6.07) is 15.5. The third kappa shape index (κ3) is 5.29. The maximum atomic E-state index is 13.3. The number of aromatic nitrogens is 2. The number of benzene rings is 3. The van der Waals surface area contributed by atoms with Crippen LogP contribution < -0.4 is 10.1 Å². The van der Waals surface area contributed by atoms with Gasteiger partial charge in [-0.25, -0.2) is 9.07 Å². The molecule has 0 aliphatic heterocycles. The summed E-state index contributed by atoms with van der Waals surface area (Å²) in [6.07, 6.45) is -4.27. The number of alkyl halides is 3. The summed E-state index contributed by atoms with van der Waals surface area (Å²) in [4.78, 5) is 11.6. The first kappa shape index (κ1) is 24.3. The molecule has 0 aliphatic rings. The standard InChI is InChI=1S/C26H23F4N3O2/c1-15-4-5-18(12-16(15)2)24(17(3)32-25(34)26(28,29)30)35-22-10-11-23-19(13-22)14-31-33(23)21-8-6-20(27)7-9-21/h4-14,17,24H,1-3H3,(H,32,34)/t17-,24+/m0/s1. The summed E-state index contributed by atoms with van der Waals surface area (Å²) in [5, 5.41) is 7.08. The van der Waals surface area contributed by atoms with Crippen LogP contribution in [0, 0.1) is 19.7 Å². The van der Waals surface area contributed by atoms with Crippen LogP contribution in [0.3, 0.4) is 0 Å². The van der Waals surface area contributed by atoms with Gasteiger partial charge in [-0.05, 0) is 79.9 Å². The Morgan fingerprint density at radius 2 is 1.71 bits per heavy atom. The van der Waals surface area contributed by atoms with Gasteiger partial charge in [-0.1, -0.05) is 18.2 Å². The van der Waals surface area contributed by atoms with Crippen molar-refractivity contribution in [2.75, 3.05) is 0 Å². The van der Waals surface area contributed by atoms with Gasteiger partial charge >= 0.3 is 12.1 Å². The third-order valence-corrected chi connectivity index (χ3v) is 5.80. The molecule has 0 aliphatic carbocycles. The van der Waals surface area contributed by atoms with Gasteiger partial charge in [0.1, 0.15) is 17.7 Å². The highest BCUT2D eigenvalue weighted by atomic mass is 19.4. The Hall–Kier alpha value is -3.88. The first-order valence-corrected chi connectivity index (χ1v) is 10.9. The number of aryl methyl sites for hydroxylation is 2. The largest absolute Gasteiger partial charge is 0.484 e. The molecule has 3 aromatic carbocycles. The lowest BCUT2D eigenvalue weighted by Crippen LogP contribution is -2.45. The van der Waals surface area contributed by atoms with Crippen LogP contribution in [0.2, 0.25) is 0 Å². The van der Waals surface area contributed by atoms with Crippen LogP contribution in [-0.4, -0.2) is 27.9 Å². The van der Waals surface area contributed by atoms with E-state index < -0.39 is 24.2 Å². The Kier molecular flexibility index (Phi) is 6.51. The number of amides is 1. The number of carbonyl (C=O) groups is 1. The summed E-state index contributed by atoms with van der Waals surface area (Å²) >= 11 is 0. The number of carbonyl (C=O) groups excluding carboxylic acids is 1. The molecule has 0 unspecified atom stereocenters. The van der Waals surface area contributed by atoms with Gasteiger partial charge in [0, 0.05) is 5.39 Å². The van der Waals surface area contributed by atoms with Crippen molar-refractivity contribution in [3.63, 3.8) is 0 Å². The SMILES string of the molecule is Cc1ccc([C@H](Oc2ccc3c(cnn3-c3ccc(F)cc3)c2)[C@H](C)NC(=O)C(F)(F)F)cc1C. The van der Waals surface area contributed by atoms with Crippen LogP contribution in [0.15, 0.2) is 66.9 Å². The molecule has 0 saturated heterocycles. The van der Waals surface area contributed by atoms with Gasteiger partial charge in [0.25, 0.3) is 0 Å². The van der Waals surface area contributed by atoms with E-state index in [1.165, 1.54) is 19.1 Å². The highest BCUT2D eigenvalue weighted by Crippen LogP contribution is 2.30. The molecular weight excluding hydrogens is 462 g/mol. The maximum Gasteiger partial charge on any atom is 0.471 e. The monoisotopic (exact) mass is 485 g/mol. The average Bonchev–Trinajstić information content (AvgIpc) is 3.22. The Morgan fingerprint density at radius 3 is 2.37 bits per heavy atom. The van der Waals surface area contributed by atoms with Crippen LogP contribution in [-0.2, 0) is 4.79 Å². The minimum atomic E-state index is -5.00. The van der Waals surface area contributed by atoms with Crippen molar-refractivity contribution in [3.8, 4) is 11.4 Å². The van der Waals surface area contributed by atoms with Gasteiger partial charge in [0.15, 0.2) is 0 Å². The van der Waals surface area contributed by atoms with E-state index in [4.69, 9.17) is 4.74 Å². The van der Waals surface area contributed by atoms with Gasteiger partial charge in [0.05, 0.1) is 23.4 Å². The van der Waals surface area contributed by atoms with Crippen molar-refractivity contribution < 1.29 is 27.1 Å². The fraction of sp³-hybridized carbons (Fsp3) is 0.231. The molecular formula is C26H23F4N3O2. The molecule has 4 aromatic rings. The minimum Gasteiger partial charge on any atom is -0.484 e. The van der Waals surface area contributed by atoms with Crippen LogP contribution in [0.25, 0.3) is 16.6 Å². The lowest BCUT2D eigenvalue weighted by atomic mass is 9.98. The highest BCUT2D eigenvalue weighted by molar-refractivity contribution is 5.82. The molecule has 182 valence electrons. The summed E-state index contributed by atoms with van der Waals surface area (Å²) in [7, 11) is 0. The zero-order valence-corrected chi connectivity index (χ0v) is 19.2. The van der Waals surface area contributed by atoms with E-state index in [0.29, 0.717) is 17.0 Å². The van der Waals surface area contributed by atoms with Crippen LogP contribution >= 0.6 is 0 Å². The van der Waals surface area contributed by atoms with Crippen molar-refractivity contribution in [2.45, 2.75) is 39.1 Å². The van der Waals surface area contributed by atoms with Crippen molar-refractivity contribution >= 4 is 16.8 Å². The molecule has 1 amide bonds. The van der Waals surface area contributed by atoms with Gasteiger partial charge in [-0.3, -0.25) is 4.79 Å². The third-order valence-electron chi connectivity index (χ3n) is 5.80. The summed E-state index contributed by atoms with van der Waals surface area (Å²) in [5.41, 5.74) is 4.01. The number of nitrogens with one attached hydrogen (secondary N) is 1. The molecule has 5 nitrogen and oxygen atoms in total.